The molecular formula is C6H8S2. The molecule has 0 radical (unpaired) electrons. The fourth-order valence-electron chi connectivity index (χ4n) is 0.209. The topological polar surface area (TPSA) is 0 Å². The molecule has 0 saturated carbocycles. The molecule has 0 amide bonds. The number of allylic oxidation sites excluding steroid dienone is 2. The van der Waals surface area contributed by atoms with Crippen LogP contribution in [0, 0.1) is 0 Å². The zero-order chi connectivity index (χ0) is 6.57. The SMILES string of the molecule is C=C/C(S)=C(/S)C=C. The van der Waals surface area contributed by atoms with E-state index in [9.17, 15) is 0 Å². The Bertz CT molecular complexity index is 117. The molecule has 0 heterocycles. The smallest absolute Gasteiger partial charge is 0.0168 e. The summed E-state index contributed by atoms with van der Waals surface area (Å²) < 4.78 is 0. The molecule has 0 aromatic carbocycles. The molecule has 0 atom stereocenters. The number of hydrogen-bond acceptors (Lipinski definition) is 2. The van der Waals surface area contributed by atoms with Crippen LogP contribution in [-0.2, 0) is 0 Å². The molecule has 0 rings (SSSR count). The highest BCUT2D eigenvalue weighted by atomic mass is 32.1. The van der Waals surface area contributed by atoms with Crippen LogP contribution in [0.1, 0.15) is 0 Å². The Kier molecular flexibility index (Phi) is 3.83. The van der Waals surface area contributed by atoms with Gasteiger partial charge in [-0.2, -0.15) is 0 Å². The van der Waals surface area contributed by atoms with E-state index in [-0.39, 0.29) is 0 Å². The van der Waals surface area contributed by atoms with Crippen LogP contribution in [0.2, 0.25) is 0 Å². The minimum atomic E-state index is 0.753. The van der Waals surface area contributed by atoms with Crippen molar-refractivity contribution in [2.45, 2.75) is 0 Å². The molecule has 0 aliphatic carbocycles. The monoisotopic (exact) mass is 144 g/mol. The van der Waals surface area contributed by atoms with E-state index in [2.05, 4.69) is 38.4 Å². The molecule has 0 bridgehead atoms. The Hall–Kier alpha value is -0.0800. The average Bonchev–Trinajstić information content (AvgIpc) is 1.84. The van der Waals surface area contributed by atoms with E-state index >= 15 is 0 Å². The van der Waals surface area contributed by atoms with Crippen LogP contribution in [0.4, 0.5) is 0 Å². The lowest BCUT2D eigenvalue weighted by Gasteiger charge is -1.90. The second-order valence-electron chi connectivity index (χ2n) is 1.18. The van der Waals surface area contributed by atoms with Crippen molar-refractivity contribution in [3.63, 3.8) is 0 Å². The molecule has 0 saturated heterocycles. The zero-order valence-electron chi connectivity index (χ0n) is 4.46. The van der Waals surface area contributed by atoms with E-state index in [1.165, 1.54) is 0 Å². The highest BCUT2D eigenvalue weighted by Crippen LogP contribution is 2.13. The number of hydrogen-bond donors (Lipinski definition) is 2. The molecule has 44 valence electrons. The van der Waals surface area contributed by atoms with Gasteiger partial charge in [0.1, 0.15) is 0 Å². The zero-order valence-corrected chi connectivity index (χ0v) is 6.25. The average molecular weight is 144 g/mol. The van der Waals surface area contributed by atoms with E-state index in [1.54, 1.807) is 12.2 Å². The van der Waals surface area contributed by atoms with Gasteiger partial charge in [-0.05, 0) is 0 Å². The van der Waals surface area contributed by atoms with Crippen molar-refractivity contribution < 1.29 is 0 Å². The maximum atomic E-state index is 4.02. The van der Waals surface area contributed by atoms with Crippen molar-refractivity contribution in [2.24, 2.45) is 0 Å². The van der Waals surface area contributed by atoms with E-state index in [4.69, 9.17) is 0 Å². The first-order valence-corrected chi connectivity index (χ1v) is 2.99. The first-order chi connectivity index (χ1) is 3.72. The van der Waals surface area contributed by atoms with Crippen LogP contribution < -0.4 is 0 Å². The minimum Gasteiger partial charge on any atom is -0.142 e. The largest absolute Gasteiger partial charge is 0.142 e. The van der Waals surface area contributed by atoms with Crippen LogP contribution in [0.25, 0.3) is 0 Å². The molecule has 0 unspecified atom stereocenters. The summed E-state index contributed by atoms with van der Waals surface area (Å²) in [6.07, 6.45) is 3.24. The molecule has 0 nitrogen and oxygen atoms in total. The van der Waals surface area contributed by atoms with Crippen LogP contribution in [0.15, 0.2) is 35.1 Å². The van der Waals surface area contributed by atoms with E-state index in [0.717, 1.165) is 9.81 Å². The molecule has 0 spiro atoms. The summed E-state index contributed by atoms with van der Waals surface area (Å²) in [6, 6.07) is 0. The van der Waals surface area contributed by atoms with Gasteiger partial charge in [-0.3, -0.25) is 0 Å². The first-order valence-electron chi connectivity index (χ1n) is 2.09. The van der Waals surface area contributed by atoms with Crippen molar-refractivity contribution in [2.75, 3.05) is 0 Å². The van der Waals surface area contributed by atoms with Gasteiger partial charge in [0.2, 0.25) is 0 Å². The third-order valence-corrected chi connectivity index (χ3v) is 1.67. The van der Waals surface area contributed by atoms with Gasteiger partial charge in [0.05, 0.1) is 0 Å². The fourth-order valence-corrected chi connectivity index (χ4v) is 0.392. The molecule has 8 heavy (non-hydrogen) atoms. The van der Waals surface area contributed by atoms with Gasteiger partial charge in [-0.25, -0.2) is 0 Å². The third kappa shape index (κ3) is 2.28. The Balaban J connectivity index is 4.25. The van der Waals surface area contributed by atoms with E-state index in [0.29, 0.717) is 0 Å². The van der Waals surface area contributed by atoms with Crippen molar-refractivity contribution in [1.82, 2.24) is 0 Å². The summed E-state index contributed by atoms with van der Waals surface area (Å²) in [7, 11) is 0. The Morgan fingerprint density at radius 1 is 1.00 bits per heavy atom. The Morgan fingerprint density at radius 3 is 1.38 bits per heavy atom. The lowest BCUT2D eigenvalue weighted by molar-refractivity contribution is 1.88. The van der Waals surface area contributed by atoms with Crippen LogP contribution >= 0.6 is 25.3 Å². The number of thiol groups is 2. The summed E-state index contributed by atoms with van der Waals surface area (Å²) in [5, 5.41) is 0. The molecule has 0 N–H and O–H groups in total. The van der Waals surface area contributed by atoms with Crippen molar-refractivity contribution >= 4 is 25.3 Å². The van der Waals surface area contributed by atoms with Crippen LogP contribution in [0.5, 0.6) is 0 Å². The summed E-state index contributed by atoms with van der Waals surface area (Å²) in [4.78, 5) is 1.51. The van der Waals surface area contributed by atoms with Gasteiger partial charge in [-0.15, -0.1) is 25.3 Å². The highest BCUT2D eigenvalue weighted by Gasteiger charge is 1.84. The second-order valence-corrected chi connectivity index (χ2v) is 2.14. The van der Waals surface area contributed by atoms with Gasteiger partial charge in [0.25, 0.3) is 0 Å². The summed E-state index contributed by atoms with van der Waals surface area (Å²) in [5.41, 5.74) is 0. The Labute approximate surface area is 60.8 Å². The quantitative estimate of drug-likeness (QED) is 0.431. The highest BCUT2D eigenvalue weighted by molar-refractivity contribution is 7.88. The maximum Gasteiger partial charge on any atom is 0.0168 e. The lowest BCUT2D eigenvalue weighted by atomic mass is 10.5. The van der Waals surface area contributed by atoms with Gasteiger partial charge in [-0.1, -0.05) is 25.3 Å². The first kappa shape index (κ1) is 7.92. The predicted molar refractivity (Wildman–Crippen MR) is 45.4 cm³/mol. The van der Waals surface area contributed by atoms with E-state index in [1.807, 2.05) is 0 Å². The van der Waals surface area contributed by atoms with Crippen LogP contribution in [0.3, 0.4) is 0 Å². The number of rotatable bonds is 2. The van der Waals surface area contributed by atoms with Gasteiger partial charge in [0.15, 0.2) is 0 Å². The molecule has 2 heteroatoms. The molecule has 0 fully saturated rings. The normalized spacial score (nSPS) is 12.2. The summed E-state index contributed by atoms with van der Waals surface area (Å²) in [5.74, 6) is 0. The van der Waals surface area contributed by atoms with Gasteiger partial charge >= 0.3 is 0 Å². The van der Waals surface area contributed by atoms with Gasteiger partial charge in [0, 0.05) is 9.81 Å². The fraction of sp³-hybridized carbons (Fsp3) is 0. The molecule has 0 aliphatic heterocycles. The van der Waals surface area contributed by atoms with Crippen molar-refractivity contribution in [3.8, 4) is 0 Å². The third-order valence-electron chi connectivity index (χ3n) is 0.649. The second kappa shape index (κ2) is 3.87. The Morgan fingerprint density at radius 2 is 1.25 bits per heavy atom. The van der Waals surface area contributed by atoms with Gasteiger partial charge < -0.3 is 0 Å². The summed E-state index contributed by atoms with van der Waals surface area (Å²) in [6.45, 7) is 7.00. The summed E-state index contributed by atoms with van der Waals surface area (Å²) >= 11 is 8.04. The standard InChI is InChI=1S/C6H8S2/c1-3-5(7)6(8)4-2/h3-4,7-8H,1-2H2/b6-5-. The predicted octanol–water partition coefficient (Wildman–Crippen LogP) is 2.43. The van der Waals surface area contributed by atoms with Crippen LogP contribution in [-0.4, -0.2) is 0 Å². The minimum absolute atomic E-state index is 0.753. The molecule has 0 aromatic rings. The molecule has 0 aliphatic rings. The van der Waals surface area contributed by atoms with Crippen molar-refractivity contribution in [3.05, 3.63) is 35.1 Å². The molecular weight excluding hydrogens is 136 g/mol. The molecule has 0 aromatic heterocycles. The maximum absolute atomic E-state index is 4.02. The van der Waals surface area contributed by atoms with Crippen molar-refractivity contribution in [1.29, 1.82) is 0 Å². The van der Waals surface area contributed by atoms with E-state index < -0.39 is 0 Å². The lowest BCUT2D eigenvalue weighted by Crippen LogP contribution is -1.64.